The van der Waals surface area contributed by atoms with Gasteiger partial charge in [0.05, 0.1) is 4.92 Å². The number of nitro groups is 1. The van der Waals surface area contributed by atoms with Crippen molar-refractivity contribution in [2.24, 2.45) is 0 Å². The lowest BCUT2D eigenvalue weighted by Crippen LogP contribution is -2.46. The maximum Gasteiger partial charge on any atom is 0.353 e. The number of aromatic nitrogens is 2. The van der Waals surface area contributed by atoms with Gasteiger partial charge in [-0.3, -0.25) is 15.0 Å². The topological polar surface area (TPSA) is 78.6 Å². The minimum absolute atomic E-state index is 0.0143. The molecule has 0 unspecified atom stereocenters. The molecule has 0 saturated carbocycles. The molecular weight excluding hydrogens is 404 g/mol. The number of hydrogen-bond donors (Lipinski definition) is 0. The van der Waals surface area contributed by atoms with Crippen LogP contribution < -0.4 is 9.80 Å². The first-order chi connectivity index (χ1) is 15.6. The molecule has 3 aromatic rings. The molecule has 0 amide bonds. The molecule has 1 aliphatic rings. The van der Waals surface area contributed by atoms with Gasteiger partial charge in [0.15, 0.2) is 0 Å². The smallest absolute Gasteiger partial charge is 0.353 e. The second-order valence-electron chi connectivity index (χ2n) is 8.03. The number of nitrogens with zero attached hydrogens (tertiary/aromatic N) is 6. The summed E-state index contributed by atoms with van der Waals surface area (Å²) >= 11 is 0. The van der Waals surface area contributed by atoms with Crippen LogP contribution in [0.4, 0.5) is 17.3 Å². The maximum absolute atomic E-state index is 12.0. The van der Waals surface area contributed by atoms with Crippen molar-refractivity contribution in [3.63, 3.8) is 0 Å². The Morgan fingerprint density at radius 1 is 0.938 bits per heavy atom. The molecule has 1 saturated heterocycles. The highest BCUT2D eigenvalue weighted by atomic mass is 16.6. The molecule has 32 heavy (non-hydrogen) atoms. The van der Waals surface area contributed by atoms with Crippen molar-refractivity contribution in [2.75, 3.05) is 49.6 Å². The summed E-state index contributed by atoms with van der Waals surface area (Å²) in [6.45, 7) is 4.56. The molecule has 4 rings (SSSR count). The zero-order chi connectivity index (χ0) is 22.3. The van der Waals surface area contributed by atoms with Gasteiger partial charge in [0.1, 0.15) is 6.33 Å². The summed E-state index contributed by atoms with van der Waals surface area (Å²) in [5.74, 6) is 0.772. The summed E-state index contributed by atoms with van der Waals surface area (Å²) in [6.07, 6.45) is 2.22. The van der Waals surface area contributed by atoms with E-state index in [4.69, 9.17) is 0 Å². The predicted molar refractivity (Wildman–Crippen MR) is 126 cm³/mol. The van der Waals surface area contributed by atoms with E-state index in [9.17, 15) is 10.1 Å². The van der Waals surface area contributed by atoms with Crippen molar-refractivity contribution < 1.29 is 4.92 Å². The normalized spacial score (nSPS) is 14.3. The zero-order valence-corrected chi connectivity index (χ0v) is 18.3. The van der Waals surface area contributed by atoms with Crippen molar-refractivity contribution >= 4 is 17.3 Å². The minimum Gasteiger partial charge on any atom is -0.353 e. The quantitative estimate of drug-likeness (QED) is 0.399. The van der Waals surface area contributed by atoms with Gasteiger partial charge in [-0.15, -0.1) is 0 Å². The molecular formula is C24H28N6O2. The SMILES string of the molecule is CN(CCc1ccccc1)c1ncnc(N2CCN(Cc3ccccc3)CC2)c1[N+](=O)[O-]. The Bertz CT molecular complexity index is 1020. The summed E-state index contributed by atoms with van der Waals surface area (Å²) in [4.78, 5) is 26.5. The van der Waals surface area contributed by atoms with Gasteiger partial charge in [0.2, 0.25) is 11.6 Å². The first-order valence-electron chi connectivity index (χ1n) is 10.9. The van der Waals surface area contributed by atoms with Gasteiger partial charge >= 0.3 is 5.69 Å². The minimum atomic E-state index is -0.347. The van der Waals surface area contributed by atoms with E-state index in [-0.39, 0.29) is 10.6 Å². The number of likely N-dealkylation sites (N-methyl/N-ethyl adjacent to an activating group) is 1. The lowest BCUT2D eigenvalue weighted by atomic mass is 10.1. The van der Waals surface area contributed by atoms with Crippen molar-refractivity contribution in [3.8, 4) is 0 Å². The Morgan fingerprint density at radius 2 is 1.56 bits per heavy atom. The van der Waals surface area contributed by atoms with E-state index in [0.717, 1.165) is 26.1 Å². The highest BCUT2D eigenvalue weighted by Crippen LogP contribution is 2.34. The Balaban J connectivity index is 1.45. The van der Waals surface area contributed by atoms with E-state index >= 15 is 0 Å². The van der Waals surface area contributed by atoms with E-state index in [2.05, 4.69) is 39.1 Å². The molecule has 1 aliphatic heterocycles. The van der Waals surface area contributed by atoms with Gasteiger partial charge in [-0.25, -0.2) is 9.97 Å². The van der Waals surface area contributed by atoms with Gasteiger partial charge < -0.3 is 9.80 Å². The number of rotatable bonds is 8. The van der Waals surface area contributed by atoms with Crippen molar-refractivity contribution in [1.82, 2.24) is 14.9 Å². The Kier molecular flexibility index (Phi) is 6.91. The molecule has 0 aliphatic carbocycles. The molecule has 0 radical (unpaired) electrons. The third-order valence-corrected chi connectivity index (χ3v) is 5.83. The largest absolute Gasteiger partial charge is 0.353 e. The molecule has 0 N–H and O–H groups in total. The fourth-order valence-electron chi connectivity index (χ4n) is 4.04. The average molecular weight is 433 g/mol. The van der Waals surface area contributed by atoms with E-state index < -0.39 is 0 Å². The van der Waals surface area contributed by atoms with Gasteiger partial charge in [-0.2, -0.15) is 0 Å². The van der Waals surface area contributed by atoms with Crippen molar-refractivity contribution in [1.29, 1.82) is 0 Å². The van der Waals surface area contributed by atoms with Gasteiger partial charge in [0, 0.05) is 46.3 Å². The maximum atomic E-state index is 12.0. The summed E-state index contributed by atoms with van der Waals surface area (Å²) in [7, 11) is 1.85. The summed E-state index contributed by atoms with van der Waals surface area (Å²) in [5, 5.41) is 12.0. The summed E-state index contributed by atoms with van der Waals surface area (Å²) in [5.41, 5.74) is 2.45. The molecule has 8 nitrogen and oxygen atoms in total. The van der Waals surface area contributed by atoms with E-state index in [0.29, 0.717) is 31.3 Å². The van der Waals surface area contributed by atoms with Crippen LogP contribution in [0.5, 0.6) is 0 Å². The first kappa shape index (κ1) is 21.7. The van der Waals surface area contributed by atoms with Crippen LogP contribution in [0.1, 0.15) is 11.1 Å². The molecule has 1 aromatic heterocycles. The van der Waals surface area contributed by atoms with Gasteiger partial charge in [-0.05, 0) is 17.5 Å². The molecule has 2 heterocycles. The van der Waals surface area contributed by atoms with Crippen LogP contribution in [0, 0.1) is 10.1 Å². The molecule has 0 bridgehead atoms. The predicted octanol–water partition coefficient (Wildman–Crippen LogP) is 3.39. The number of piperazine rings is 1. The number of anilines is 2. The van der Waals surface area contributed by atoms with Crippen molar-refractivity contribution in [3.05, 3.63) is 88.2 Å². The van der Waals surface area contributed by atoms with Crippen LogP contribution in [0.2, 0.25) is 0 Å². The van der Waals surface area contributed by atoms with Gasteiger partial charge in [-0.1, -0.05) is 60.7 Å². The van der Waals surface area contributed by atoms with E-state index in [1.807, 2.05) is 53.2 Å². The highest BCUT2D eigenvalue weighted by molar-refractivity contribution is 5.71. The molecule has 8 heteroatoms. The van der Waals surface area contributed by atoms with Crippen LogP contribution in [-0.4, -0.2) is 59.6 Å². The fraction of sp³-hybridized carbons (Fsp3) is 0.333. The standard InChI is InChI=1S/C24H28N6O2/c1-27(13-12-20-8-4-2-5-9-20)23-22(30(31)32)24(26-19-25-23)29-16-14-28(15-17-29)18-21-10-6-3-7-11-21/h2-11,19H,12-18H2,1H3. The van der Waals surface area contributed by atoms with Crippen molar-refractivity contribution in [2.45, 2.75) is 13.0 Å². The monoisotopic (exact) mass is 432 g/mol. The lowest BCUT2D eigenvalue weighted by Gasteiger charge is -2.35. The molecule has 0 atom stereocenters. The van der Waals surface area contributed by atoms with Crippen LogP contribution >= 0.6 is 0 Å². The van der Waals surface area contributed by atoms with Crippen LogP contribution in [0.3, 0.4) is 0 Å². The second kappa shape index (κ2) is 10.2. The Hall–Kier alpha value is -3.52. The third-order valence-electron chi connectivity index (χ3n) is 5.83. The first-order valence-corrected chi connectivity index (χ1v) is 10.9. The Morgan fingerprint density at radius 3 is 2.19 bits per heavy atom. The second-order valence-corrected chi connectivity index (χ2v) is 8.03. The Labute approximate surface area is 188 Å². The van der Waals surface area contributed by atoms with Crippen LogP contribution in [0.25, 0.3) is 0 Å². The summed E-state index contributed by atoms with van der Waals surface area (Å²) < 4.78 is 0. The molecule has 0 spiro atoms. The average Bonchev–Trinajstić information content (AvgIpc) is 2.84. The number of hydrogen-bond acceptors (Lipinski definition) is 7. The summed E-state index contributed by atoms with van der Waals surface area (Å²) in [6, 6.07) is 20.5. The van der Waals surface area contributed by atoms with Crippen LogP contribution in [-0.2, 0) is 13.0 Å². The van der Waals surface area contributed by atoms with E-state index in [1.54, 1.807) is 0 Å². The fourth-order valence-corrected chi connectivity index (χ4v) is 4.04. The number of benzene rings is 2. The third kappa shape index (κ3) is 5.20. The van der Waals surface area contributed by atoms with Gasteiger partial charge in [0.25, 0.3) is 0 Å². The van der Waals surface area contributed by atoms with E-state index in [1.165, 1.54) is 17.5 Å². The zero-order valence-electron chi connectivity index (χ0n) is 18.3. The lowest BCUT2D eigenvalue weighted by molar-refractivity contribution is -0.383. The van der Waals surface area contributed by atoms with Crippen LogP contribution in [0.15, 0.2) is 67.0 Å². The molecule has 1 fully saturated rings. The highest BCUT2D eigenvalue weighted by Gasteiger charge is 2.30. The molecule has 166 valence electrons. The molecule has 2 aromatic carbocycles.